The van der Waals surface area contributed by atoms with Gasteiger partial charge in [0, 0.05) is 17.0 Å². The molecule has 5 rings (SSSR count). The van der Waals surface area contributed by atoms with Crippen LogP contribution in [0, 0.1) is 19.7 Å². The number of fused-ring (bicyclic) bond motifs is 1. The highest BCUT2D eigenvalue weighted by molar-refractivity contribution is 6.04. The summed E-state index contributed by atoms with van der Waals surface area (Å²) in [6.45, 7) is 3.82. The summed E-state index contributed by atoms with van der Waals surface area (Å²) in [5.74, 6) is -0.766. The van der Waals surface area contributed by atoms with Crippen molar-refractivity contribution >= 4 is 17.6 Å². The Kier molecular flexibility index (Phi) is 4.61. The molecule has 31 heavy (non-hydrogen) atoms. The number of nitrogens with zero attached hydrogens (tertiary/aromatic N) is 2. The van der Waals surface area contributed by atoms with Crippen molar-refractivity contribution in [2.45, 2.75) is 44.7 Å². The zero-order chi connectivity index (χ0) is 21.7. The molecule has 2 heterocycles. The normalized spacial score (nSPS) is 20.2. The molecule has 158 valence electrons. The van der Waals surface area contributed by atoms with E-state index in [0.717, 1.165) is 35.2 Å². The van der Waals surface area contributed by atoms with Crippen molar-refractivity contribution in [3.63, 3.8) is 0 Å². The molecule has 1 saturated carbocycles. The topological polar surface area (TPSA) is 76.0 Å². The second-order valence-corrected chi connectivity index (χ2v) is 8.36. The van der Waals surface area contributed by atoms with Gasteiger partial charge in [-0.25, -0.2) is 9.07 Å². The summed E-state index contributed by atoms with van der Waals surface area (Å²) in [5.41, 5.74) is 3.87. The number of nitrogens with one attached hydrogen (secondary N) is 2. The maximum absolute atomic E-state index is 13.6. The molecular formula is C24H23FN4O2. The number of benzene rings is 2. The van der Waals surface area contributed by atoms with E-state index >= 15 is 0 Å². The predicted molar refractivity (Wildman–Crippen MR) is 115 cm³/mol. The number of carbonyl (C=O) groups is 2. The lowest BCUT2D eigenvalue weighted by Gasteiger charge is -2.33. The number of carbonyl (C=O) groups excluding carboxylic acids is 2. The quantitative estimate of drug-likeness (QED) is 0.676. The van der Waals surface area contributed by atoms with Gasteiger partial charge >= 0.3 is 0 Å². The minimum absolute atomic E-state index is 0.287. The van der Waals surface area contributed by atoms with E-state index in [2.05, 4.69) is 15.7 Å². The van der Waals surface area contributed by atoms with Crippen LogP contribution in [-0.4, -0.2) is 27.6 Å². The van der Waals surface area contributed by atoms with E-state index in [-0.39, 0.29) is 23.7 Å². The summed E-state index contributed by atoms with van der Waals surface area (Å²) in [6, 6.07) is 12.8. The monoisotopic (exact) mass is 418 g/mol. The summed E-state index contributed by atoms with van der Waals surface area (Å²) in [7, 11) is 0. The molecule has 1 aromatic heterocycles. The van der Waals surface area contributed by atoms with E-state index in [1.165, 1.54) is 12.1 Å². The van der Waals surface area contributed by atoms with Crippen molar-refractivity contribution in [3.8, 4) is 0 Å². The van der Waals surface area contributed by atoms with Gasteiger partial charge in [-0.15, -0.1) is 0 Å². The largest absolute Gasteiger partial charge is 0.339 e. The van der Waals surface area contributed by atoms with Crippen LogP contribution in [0.25, 0.3) is 0 Å². The lowest BCUT2D eigenvalue weighted by Crippen LogP contribution is -2.50. The molecule has 2 atom stereocenters. The molecule has 2 N–H and O–H groups in total. The van der Waals surface area contributed by atoms with Gasteiger partial charge in [0.05, 0.1) is 11.7 Å². The zero-order valence-corrected chi connectivity index (χ0v) is 17.4. The number of aromatic nitrogens is 2. The van der Waals surface area contributed by atoms with Gasteiger partial charge in [-0.2, -0.15) is 5.10 Å². The van der Waals surface area contributed by atoms with Gasteiger partial charge in [0.15, 0.2) is 0 Å². The van der Waals surface area contributed by atoms with E-state index < -0.39 is 12.0 Å². The van der Waals surface area contributed by atoms with Crippen molar-refractivity contribution < 1.29 is 14.0 Å². The minimum Gasteiger partial charge on any atom is -0.339 e. The van der Waals surface area contributed by atoms with E-state index in [0.29, 0.717) is 11.4 Å². The third-order valence-electron chi connectivity index (χ3n) is 5.99. The predicted octanol–water partition coefficient (Wildman–Crippen LogP) is 3.86. The fourth-order valence-electron chi connectivity index (χ4n) is 4.34. The van der Waals surface area contributed by atoms with Crippen LogP contribution in [0.2, 0.25) is 0 Å². The molecule has 7 heteroatoms. The van der Waals surface area contributed by atoms with E-state index in [4.69, 9.17) is 0 Å². The molecule has 0 unspecified atom stereocenters. The highest BCUT2D eigenvalue weighted by atomic mass is 19.1. The number of hydrogen-bond acceptors (Lipinski definition) is 3. The van der Waals surface area contributed by atoms with Gasteiger partial charge in [-0.3, -0.25) is 9.59 Å². The Morgan fingerprint density at radius 1 is 1.16 bits per heavy atom. The van der Waals surface area contributed by atoms with Crippen LogP contribution < -0.4 is 10.6 Å². The summed E-state index contributed by atoms with van der Waals surface area (Å²) in [5, 5.41) is 10.6. The van der Waals surface area contributed by atoms with Crippen LogP contribution in [0.4, 0.5) is 10.2 Å². The SMILES string of the molecule is Cc1cccc(C(=O)N[C@H]2C(=O)Nc3c(c(C)nn3C3CC3)[C@@H]2c2ccc(F)cc2)c1. The minimum atomic E-state index is -0.846. The highest BCUT2D eigenvalue weighted by Gasteiger charge is 2.43. The maximum atomic E-state index is 13.6. The lowest BCUT2D eigenvalue weighted by atomic mass is 9.82. The summed E-state index contributed by atoms with van der Waals surface area (Å²) < 4.78 is 15.5. The van der Waals surface area contributed by atoms with Crippen LogP contribution in [0.5, 0.6) is 0 Å². The molecule has 0 spiro atoms. The Morgan fingerprint density at radius 2 is 1.90 bits per heavy atom. The second kappa shape index (κ2) is 7.34. The summed E-state index contributed by atoms with van der Waals surface area (Å²) in [6.07, 6.45) is 2.05. The Hall–Kier alpha value is -3.48. The number of aryl methyl sites for hydroxylation is 2. The molecule has 1 aliphatic heterocycles. The first-order valence-corrected chi connectivity index (χ1v) is 10.4. The lowest BCUT2D eigenvalue weighted by molar-refractivity contribution is -0.118. The Bertz CT molecular complexity index is 1180. The number of rotatable bonds is 4. The Morgan fingerprint density at radius 3 is 2.58 bits per heavy atom. The first-order valence-electron chi connectivity index (χ1n) is 10.4. The van der Waals surface area contributed by atoms with Gasteiger partial charge in [0.1, 0.15) is 17.7 Å². The highest BCUT2D eigenvalue weighted by Crippen LogP contribution is 2.44. The number of anilines is 1. The first-order chi connectivity index (χ1) is 14.9. The van der Waals surface area contributed by atoms with E-state index in [1.54, 1.807) is 24.3 Å². The van der Waals surface area contributed by atoms with Crippen LogP contribution in [0.1, 0.15) is 57.5 Å². The number of amides is 2. The Balaban J connectivity index is 1.58. The number of hydrogen-bond donors (Lipinski definition) is 2. The van der Waals surface area contributed by atoms with Crippen LogP contribution in [0.15, 0.2) is 48.5 Å². The van der Waals surface area contributed by atoms with Gasteiger partial charge in [0.25, 0.3) is 5.91 Å². The van der Waals surface area contributed by atoms with Crippen LogP contribution >= 0.6 is 0 Å². The average Bonchev–Trinajstić information content (AvgIpc) is 3.54. The molecule has 2 aliphatic rings. The molecule has 0 bridgehead atoms. The molecule has 0 radical (unpaired) electrons. The van der Waals surface area contributed by atoms with Gasteiger partial charge in [-0.05, 0) is 56.5 Å². The molecule has 0 saturated heterocycles. The first kappa shape index (κ1) is 19.5. The van der Waals surface area contributed by atoms with E-state index in [1.807, 2.05) is 30.7 Å². The molecule has 1 aliphatic carbocycles. The van der Waals surface area contributed by atoms with Crippen molar-refractivity contribution in [3.05, 3.63) is 82.3 Å². The standard InChI is InChI=1S/C24H23FN4O2/c1-13-4-3-5-16(12-13)23(30)26-21-20(15-6-8-17(25)9-7-15)19-14(2)28-29(18-10-11-18)22(19)27-24(21)31/h3-9,12,18,20-21H,10-11H2,1-2H3,(H,26,30)(H,27,31)/t20-,21+/m0/s1. The zero-order valence-electron chi connectivity index (χ0n) is 17.4. The molecular weight excluding hydrogens is 395 g/mol. The third-order valence-corrected chi connectivity index (χ3v) is 5.99. The molecule has 2 aromatic carbocycles. The molecule has 2 amide bonds. The fourth-order valence-corrected chi connectivity index (χ4v) is 4.34. The third kappa shape index (κ3) is 3.50. The summed E-state index contributed by atoms with van der Waals surface area (Å²) >= 11 is 0. The van der Waals surface area contributed by atoms with Crippen molar-refractivity contribution in [1.82, 2.24) is 15.1 Å². The molecule has 1 fully saturated rings. The van der Waals surface area contributed by atoms with Crippen molar-refractivity contribution in [2.75, 3.05) is 5.32 Å². The average molecular weight is 418 g/mol. The van der Waals surface area contributed by atoms with E-state index in [9.17, 15) is 14.0 Å². The smallest absolute Gasteiger partial charge is 0.251 e. The van der Waals surface area contributed by atoms with Gasteiger partial charge in [-0.1, -0.05) is 29.8 Å². The van der Waals surface area contributed by atoms with Gasteiger partial charge in [0.2, 0.25) is 5.91 Å². The fraction of sp³-hybridized carbons (Fsp3) is 0.292. The second-order valence-electron chi connectivity index (χ2n) is 8.36. The Labute approximate surface area is 179 Å². The summed E-state index contributed by atoms with van der Waals surface area (Å²) in [4.78, 5) is 26.2. The van der Waals surface area contributed by atoms with Crippen LogP contribution in [0.3, 0.4) is 0 Å². The van der Waals surface area contributed by atoms with Crippen LogP contribution in [-0.2, 0) is 4.79 Å². The molecule has 6 nitrogen and oxygen atoms in total. The van der Waals surface area contributed by atoms with Crippen molar-refractivity contribution in [1.29, 1.82) is 0 Å². The molecule has 3 aromatic rings. The maximum Gasteiger partial charge on any atom is 0.251 e. The number of halogens is 1. The van der Waals surface area contributed by atoms with Crippen molar-refractivity contribution in [2.24, 2.45) is 0 Å². The van der Waals surface area contributed by atoms with Gasteiger partial charge < -0.3 is 10.6 Å².